The second-order valence-electron chi connectivity index (χ2n) is 5.76. The Morgan fingerprint density at radius 1 is 1.08 bits per heavy atom. The van der Waals surface area contributed by atoms with E-state index in [-0.39, 0.29) is 24.0 Å². The number of hydrogen-bond donors (Lipinski definition) is 2. The molecule has 2 N–H and O–H groups in total. The van der Waals surface area contributed by atoms with Crippen molar-refractivity contribution in [1.82, 2.24) is 10.6 Å². The lowest BCUT2D eigenvalue weighted by Gasteiger charge is -2.18. The minimum Gasteiger partial charge on any atom is -0.382 e. The van der Waals surface area contributed by atoms with E-state index >= 15 is 0 Å². The summed E-state index contributed by atoms with van der Waals surface area (Å²) in [6.07, 6.45) is 1.97. The van der Waals surface area contributed by atoms with Gasteiger partial charge in [-0.1, -0.05) is 18.2 Å². The van der Waals surface area contributed by atoms with Crippen LogP contribution in [0.1, 0.15) is 19.8 Å². The minimum atomic E-state index is 0. The first-order valence-electron chi connectivity index (χ1n) is 9.13. The van der Waals surface area contributed by atoms with Gasteiger partial charge in [0.05, 0.1) is 13.2 Å². The van der Waals surface area contributed by atoms with Crippen LogP contribution in [0, 0.1) is 0 Å². The Morgan fingerprint density at radius 3 is 2.54 bits per heavy atom. The van der Waals surface area contributed by atoms with Crippen molar-refractivity contribution in [1.29, 1.82) is 0 Å². The third kappa shape index (κ3) is 12.3. The van der Waals surface area contributed by atoms with E-state index in [1.165, 1.54) is 5.69 Å². The summed E-state index contributed by atoms with van der Waals surface area (Å²) in [5, 5.41) is 6.62. The summed E-state index contributed by atoms with van der Waals surface area (Å²) in [5.74, 6) is 0.877. The Bertz CT molecular complexity index is 460. The number of nitrogens with zero attached hydrogens (tertiary/aromatic N) is 2. The zero-order valence-corrected chi connectivity index (χ0v) is 18.7. The molecular weight excluding hydrogens is 443 g/mol. The maximum Gasteiger partial charge on any atom is 0.191 e. The summed E-state index contributed by atoms with van der Waals surface area (Å²) in [7, 11) is 3.80. The Labute approximate surface area is 175 Å². The van der Waals surface area contributed by atoms with Gasteiger partial charge >= 0.3 is 0 Å². The molecule has 1 aromatic carbocycles. The number of guanidine groups is 1. The van der Waals surface area contributed by atoms with Crippen LogP contribution in [0.2, 0.25) is 0 Å². The van der Waals surface area contributed by atoms with Gasteiger partial charge in [-0.05, 0) is 31.9 Å². The molecule has 0 aliphatic rings. The molecule has 0 unspecified atom stereocenters. The smallest absolute Gasteiger partial charge is 0.191 e. The average Bonchev–Trinajstić information content (AvgIpc) is 2.64. The Kier molecular flexibility index (Phi) is 16.7. The van der Waals surface area contributed by atoms with E-state index in [1.54, 1.807) is 7.11 Å². The molecule has 7 heteroatoms. The second kappa shape index (κ2) is 17.4. The zero-order chi connectivity index (χ0) is 18.2. The molecule has 0 spiro atoms. The molecule has 0 saturated heterocycles. The standard InChI is InChI=1S/C19H34N4O2.HI/c1-4-20-19(22-13-9-15-25-17-16-24-3)21-12-8-14-23(2)18-10-6-5-7-11-18;/h5-7,10-11H,4,8-9,12-17H2,1-3H3,(H2,20,21,22);1H. The van der Waals surface area contributed by atoms with Crippen LogP contribution in [0.5, 0.6) is 0 Å². The van der Waals surface area contributed by atoms with Crippen LogP contribution in [0.25, 0.3) is 0 Å². The molecule has 0 fully saturated rings. The van der Waals surface area contributed by atoms with E-state index in [4.69, 9.17) is 9.47 Å². The summed E-state index contributed by atoms with van der Waals surface area (Å²) in [6.45, 7) is 7.61. The molecule has 0 aromatic heterocycles. The molecule has 26 heavy (non-hydrogen) atoms. The van der Waals surface area contributed by atoms with Crippen molar-refractivity contribution in [2.45, 2.75) is 19.8 Å². The second-order valence-corrected chi connectivity index (χ2v) is 5.76. The van der Waals surface area contributed by atoms with Crippen molar-refractivity contribution in [3.63, 3.8) is 0 Å². The third-order valence-corrected chi connectivity index (χ3v) is 3.65. The van der Waals surface area contributed by atoms with Crippen LogP contribution in [-0.2, 0) is 9.47 Å². The van der Waals surface area contributed by atoms with Crippen molar-refractivity contribution in [2.75, 3.05) is 65.1 Å². The number of halogens is 1. The number of anilines is 1. The predicted molar refractivity (Wildman–Crippen MR) is 121 cm³/mol. The molecular formula is C19H35IN4O2. The Morgan fingerprint density at radius 2 is 1.85 bits per heavy atom. The van der Waals surface area contributed by atoms with Crippen molar-refractivity contribution in [3.8, 4) is 0 Å². The highest BCUT2D eigenvalue weighted by atomic mass is 127. The molecule has 150 valence electrons. The fraction of sp³-hybridized carbons (Fsp3) is 0.632. The van der Waals surface area contributed by atoms with Crippen LogP contribution >= 0.6 is 24.0 Å². The molecule has 0 amide bonds. The summed E-state index contributed by atoms with van der Waals surface area (Å²) >= 11 is 0. The van der Waals surface area contributed by atoms with Crippen LogP contribution in [0.3, 0.4) is 0 Å². The van der Waals surface area contributed by atoms with Gasteiger partial charge in [0.2, 0.25) is 0 Å². The molecule has 0 radical (unpaired) electrons. The van der Waals surface area contributed by atoms with Gasteiger partial charge in [-0.15, -0.1) is 24.0 Å². The number of hydrogen-bond acceptors (Lipinski definition) is 4. The predicted octanol–water partition coefficient (Wildman–Crippen LogP) is 2.74. The zero-order valence-electron chi connectivity index (χ0n) is 16.4. The first-order valence-corrected chi connectivity index (χ1v) is 9.13. The molecule has 0 bridgehead atoms. The highest BCUT2D eigenvalue weighted by Crippen LogP contribution is 2.10. The van der Waals surface area contributed by atoms with Crippen molar-refractivity contribution >= 4 is 35.6 Å². The highest BCUT2D eigenvalue weighted by molar-refractivity contribution is 14.0. The van der Waals surface area contributed by atoms with E-state index in [0.29, 0.717) is 13.2 Å². The Balaban J connectivity index is 0.00000625. The molecule has 0 saturated carbocycles. The average molecular weight is 478 g/mol. The minimum absolute atomic E-state index is 0. The SMILES string of the molecule is CCNC(=NCCCN(C)c1ccccc1)NCCCOCCOC.I. The number of nitrogens with one attached hydrogen (secondary N) is 2. The first kappa shape index (κ1) is 24.9. The van der Waals surface area contributed by atoms with Gasteiger partial charge in [0, 0.05) is 52.6 Å². The molecule has 0 atom stereocenters. The van der Waals surface area contributed by atoms with Crippen LogP contribution in [-0.4, -0.2) is 66.1 Å². The number of benzene rings is 1. The summed E-state index contributed by atoms with van der Waals surface area (Å²) in [4.78, 5) is 6.89. The quantitative estimate of drug-likeness (QED) is 0.198. The largest absolute Gasteiger partial charge is 0.382 e. The summed E-state index contributed by atoms with van der Waals surface area (Å²) in [6, 6.07) is 10.4. The maximum absolute atomic E-state index is 5.45. The lowest BCUT2D eigenvalue weighted by atomic mass is 10.3. The van der Waals surface area contributed by atoms with Gasteiger partial charge in [0.25, 0.3) is 0 Å². The molecule has 6 nitrogen and oxygen atoms in total. The van der Waals surface area contributed by atoms with E-state index in [1.807, 2.05) is 6.07 Å². The molecule has 0 aliphatic carbocycles. The van der Waals surface area contributed by atoms with Crippen molar-refractivity contribution in [3.05, 3.63) is 30.3 Å². The molecule has 1 aromatic rings. The van der Waals surface area contributed by atoms with Gasteiger partial charge < -0.3 is 25.0 Å². The first-order chi connectivity index (χ1) is 12.3. The monoisotopic (exact) mass is 478 g/mol. The van der Waals surface area contributed by atoms with Gasteiger partial charge in [-0.25, -0.2) is 0 Å². The van der Waals surface area contributed by atoms with E-state index in [2.05, 4.69) is 58.8 Å². The summed E-state index contributed by atoms with van der Waals surface area (Å²) in [5.41, 5.74) is 1.24. The van der Waals surface area contributed by atoms with Crippen LogP contribution in [0.15, 0.2) is 35.3 Å². The topological polar surface area (TPSA) is 58.1 Å². The number of rotatable bonds is 13. The third-order valence-electron chi connectivity index (χ3n) is 3.65. The van der Waals surface area contributed by atoms with Gasteiger partial charge in [0.15, 0.2) is 5.96 Å². The molecule has 0 heterocycles. The van der Waals surface area contributed by atoms with Gasteiger partial charge in [-0.3, -0.25) is 4.99 Å². The fourth-order valence-corrected chi connectivity index (χ4v) is 2.28. The van der Waals surface area contributed by atoms with E-state index in [0.717, 1.165) is 51.6 Å². The highest BCUT2D eigenvalue weighted by Gasteiger charge is 2.00. The number of ether oxygens (including phenoxy) is 2. The number of aliphatic imine (C=N–C) groups is 1. The normalized spacial score (nSPS) is 11.0. The van der Waals surface area contributed by atoms with Gasteiger partial charge in [0.1, 0.15) is 0 Å². The van der Waals surface area contributed by atoms with Crippen molar-refractivity contribution < 1.29 is 9.47 Å². The molecule has 1 rings (SSSR count). The van der Waals surface area contributed by atoms with Gasteiger partial charge in [-0.2, -0.15) is 0 Å². The fourth-order valence-electron chi connectivity index (χ4n) is 2.28. The number of methoxy groups -OCH3 is 1. The maximum atomic E-state index is 5.45. The van der Waals surface area contributed by atoms with E-state index in [9.17, 15) is 0 Å². The summed E-state index contributed by atoms with van der Waals surface area (Å²) < 4.78 is 10.4. The van der Waals surface area contributed by atoms with E-state index < -0.39 is 0 Å². The Hall–Kier alpha value is -1.06. The van der Waals surface area contributed by atoms with Crippen LogP contribution in [0.4, 0.5) is 5.69 Å². The van der Waals surface area contributed by atoms with Crippen LogP contribution < -0.4 is 15.5 Å². The molecule has 0 aliphatic heterocycles. The lowest BCUT2D eigenvalue weighted by molar-refractivity contribution is 0.0698. The lowest BCUT2D eigenvalue weighted by Crippen LogP contribution is -2.38. The number of para-hydroxylation sites is 1. The van der Waals surface area contributed by atoms with Crippen molar-refractivity contribution in [2.24, 2.45) is 4.99 Å².